The fourth-order valence-electron chi connectivity index (χ4n) is 2.71. The highest BCUT2D eigenvalue weighted by atomic mass is 16.3. The van der Waals surface area contributed by atoms with Crippen LogP contribution in [-0.4, -0.2) is 33.0 Å². The van der Waals surface area contributed by atoms with Crippen LogP contribution in [0.5, 0.6) is 0 Å². The van der Waals surface area contributed by atoms with Crippen molar-refractivity contribution in [2.75, 3.05) is 4.90 Å². The van der Waals surface area contributed by atoms with Gasteiger partial charge in [-0.1, -0.05) is 37.3 Å². The molecule has 0 aliphatic carbocycles. The molecule has 0 bridgehead atoms. The van der Waals surface area contributed by atoms with E-state index in [1.807, 2.05) is 48.7 Å². The van der Waals surface area contributed by atoms with Gasteiger partial charge in [-0.25, -0.2) is 4.98 Å². The Morgan fingerprint density at radius 3 is 2.77 bits per heavy atom. The molecule has 6 nitrogen and oxygen atoms in total. The van der Waals surface area contributed by atoms with Gasteiger partial charge < -0.3 is 19.9 Å². The number of nitrogens with one attached hydrogen (secondary N) is 1. The molecular weight excluding hydrogens is 280 g/mol. The highest BCUT2D eigenvalue weighted by Crippen LogP contribution is 2.27. The Kier molecular flexibility index (Phi) is 3.85. The molecule has 6 heteroatoms. The molecule has 2 aromatic rings. The largest absolute Gasteiger partial charge is 0.356 e. The molecule has 2 atom stereocenters. The summed E-state index contributed by atoms with van der Waals surface area (Å²) < 4.78 is 1.82. The van der Waals surface area contributed by atoms with Crippen molar-refractivity contribution in [3.05, 3.63) is 47.9 Å². The van der Waals surface area contributed by atoms with Gasteiger partial charge in [0.2, 0.25) is 6.35 Å². The van der Waals surface area contributed by atoms with Gasteiger partial charge in [0.15, 0.2) is 11.5 Å². The minimum absolute atomic E-state index is 0.0782. The molecule has 1 aromatic carbocycles. The maximum Gasteiger partial charge on any atom is 0.275 e. The van der Waals surface area contributed by atoms with Gasteiger partial charge in [-0.05, 0) is 18.9 Å². The number of aliphatic hydroxyl groups excluding tert-OH is 1. The molecule has 1 amide bonds. The van der Waals surface area contributed by atoms with Crippen molar-refractivity contribution in [1.82, 2.24) is 14.9 Å². The van der Waals surface area contributed by atoms with E-state index in [-0.39, 0.29) is 11.9 Å². The first kappa shape index (κ1) is 14.6. The Balaban J connectivity index is 1.98. The summed E-state index contributed by atoms with van der Waals surface area (Å²) in [6.07, 6.45) is 1.47. The molecule has 0 saturated carbocycles. The zero-order valence-electron chi connectivity index (χ0n) is 12.7. The molecular formula is C16H20N4O2. The first-order valence-electron chi connectivity index (χ1n) is 7.48. The van der Waals surface area contributed by atoms with E-state index in [1.165, 1.54) is 0 Å². The Labute approximate surface area is 129 Å². The van der Waals surface area contributed by atoms with Gasteiger partial charge in [-0.15, -0.1) is 0 Å². The summed E-state index contributed by atoms with van der Waals surface area (Å²) in [7, 11) is 0. The van der Waals surface area contributed by atoms with Gasteiger partial charge in [-0.2, -0.15) is 0 Å². The van der Waals surface area contributed by atoms with Crippen LogP contribution in [0.4, 0.5) is 5.82 Å². The zero-order chi connectivity index (χ0) is 15.7. The van der Waals surface area contributed by atoms with E-state index in [9.17, 15) is 9.90 Å². The fourth-order valence-corrected chi connectivity index (χ4v) is 2.71. The van der Waals surface area contributed by atoms with Crippen molar-refractivity contribution >= 4 is 11.7 Å². The predicted octanol–water partition coefficient (Wildman–Crippen LogP) is 1.56. The molecule has 2 N–H and O–H groups in total. The van der Waals surface area contributed by atoms with E-state index in [0.717, 1.165) is 12.0 Å². The van der Waals surface area contributed by atoms with E-state index >= 15 is 0 Å². The number of nitrogens with zero attached hydrogens (tertiary/aromatic N) is 3. The molecule has 2 heterocycles. The monoisotopic (exact) mass is 300 g/mol. The van der Waals surface area contributed by atoms with Crippen molar-refractivity contribution in [2.24, 2.45) is 0 Å². The van der Waals surface area contributed by atoms with Crippen LogP contribution in [-0.2, 0) is 6.54 Å². The lowest BCUT2D eigenvalue weighted by Gasteiger charge is -2.37. The third-order valence-corrected chi connectivity index (χ3v) is 4.06. The number of imidazole rings is 1. The van der Waals surface area contributed by atoms with Gasteiger partial charge in [0.05, 0.1) is 6.33 Å². The van der Waals surface area contributed by atoms with E-state index < -0.39 is 6.35 Å². The van der Waals surface area contributed by atoms with Gasteiger partial charge >= 0.3 is 0 Å². The smallest absolute Gasteiger partial charge is 0.275 e. The average molecular weight is 300 g/mol. The lowest BCUT2D eigenvalue weighted by molar-refractivity contribution is 0.0710. The van der Waals surface area contributed by atoms with Crippen LogP contribution in [0.1, 0.15) is 36.3 Å². The van der Waals surface area contributed by atoms with Gasteiger partial charge in [-0.3, -0.25) is 4.79 Å². The first-order valence-corrected chi connectivity index (χ1v) is 7.48. The molecule has 0 spiro atoms. The third-order valence-electron chi connectivity index (χ3n) is 4.06. The lowest BCUT2D eigenvalue weighted by Crippen LogP contribution is -2.56. The van der Waals surface area contributed by atoms with Crippen molar-refractivity contribution < 1.29 is 9.90 Å². The number of anilines is 1. The second-order valence-electron chi connectivity index (χ2n) is 5.54. The number of amides is 1. The van der Waals surface area contributed by atoms with Gasteiger partial charge in [0, 0.05) is 12.6 Å². The second-order valence-corrected chi connectivity index (χ2v) is 5.54. The van der Waals surface area contributed by atoms with E-state index in [2.05, 4.69) is 10.3 Å². The normalized spacial score (nSPS) is 18.8. The molecule has 1 aliphatic rings. The fraction of sp³-hybridized carbons (Fsp3) is 0.375. The van der Waals surface area contributed by atoms with Crippen LogP contribution in [0.15, 0.2) is 36.7 Å². The van der Waals surface area contributed by atoms with Gasteiger partial charge in [0.25, 0.3) is 5.91 Å². The summed E-state index contributed by atoms with van der Waals surface area (Å²) in [4.78, 5) is 18.4. The minimum atomic E-state index is -1.03. The molecule has 0 radical (unpaired) electrons. The van der Waals surface area contributed by atoms with Crippen molar-refractivity contribution in [3.63, 3.8) is 0 Å². The van der Waals surface area contributed by atoms with Crippen LogP contribution in [0.25, 0.3) is 0 Å². The number of hydrogen-bond acceptors (Lipinski definition) is 4. The van der Waals surface area contributed by atoms with E-state index in [1.54, 1.807) is 11.2 Å². The second kappa shape index (κ2) is 5.81. The predicted molar refractivity (Wildman–Crippen MR) is 83.5 cm³/mol. The Morgan fingerprint density at radius 1 is 1.36 bits per heavy atom. The number of aromatic nitrogens is 2. The van der Waals surface area contributed by atoms with Crippen LogP contribution in [0.3, 0.4) is 0 Å². The number of carbonyl (C=O) groups excluding carboxylic acids is 1. The Morgan fingerprint density at radius 2 is 2.09 bits per heavy atom. The zero-order valence-corrected chi connectivity index (χ0v) is 12.7. The maximum absolute atomic E-state index is 12.3. The summed E-state index contributed by atoms with van der Waals surface area (Å²) in [5, 5.41) is 12.7. The summed E-state index contributed by atoms with van der Waals surface area (Å²) >= 11 is 0. The van der Waals surface area contributed by atoms with Crippen molar-refractivity contribution in [3.8, 4) is 0 Å². The summed E-state index contributed by atoms with van der Waals surface area (Å²) in [5.41, 5.74) is 1.59. The molecule has 2 unspecified atom stereocenters. The third kappa shape index (κ3) is 2.46. The maximum atomic E-state index is 12.3. The molecule has 116 valence electrons. The van der Waals surface area contributed by atoms with E-state index in [4.69, 9.17) is 0 Å². The minimum Gasteiger partial charge on any atom is -0.356 e. The molecule has 1 aromatic heterocycles. The number of hydrogen-bond donors (Lipinski definition) is 2. The van der Waals surface area contributed by atoms with Crippen LogP contribution in [0, 0.1) is 0 Å². The standard InChI is InChI=1S/C16H20N4O2/c1-3-11(2)20-14-13(15(21)18-16(20)22)19(10-17-14)9-12-7-5-4-6-8-12/h4-8,10-11,16,22H,3,9H2,1-2H3,(H,18,21). The highest BCUT2D eigenvalue weighted by Gasteiger charge is 2.35. The highest BCUT2D eigenvalue weighted by molar-refractivity contribution is 5.99. The van der Waals surface area contributed by atoms with Crippen LogP contribution >= 0.6 is 0 Å². The Hall–Kier alpha value is -2.34. The molecule has 0 saturated heterocycles. The molecule has 1 aliphatic heterocycles. The number of rotatable bonds is 4. The summed E-state index contributed by atoms with van der Waals surface area (Å²) in [5.74, 6) is 0.247. The van der Waals surface area contributed by atoms with Crippen molar-refractivity contribution in [2.45, 2.75) is 39.2 Å². The summed E-state index contributed by atoms with van der Waals surface area (Å²) in [6, 6.07) is 9.99. The summed E-state index contributed by atoms with van der Waals surface area (Å²) in [6.45, 7) is 4.61. The SMILES string of the molecule is CCC(C)N1c2ncn(Cc3ccccc3)c2C(=O)NC1O. The van der Waals surface area contributed by atoms with E-state index in [0.29, 0.717) is 18.1 Å². The Bertz CT molecular complexity index is 668. The molecule has 3 rings (SSSR count). The number of carbonyl (C=O) groups is 1. The average Bonchev–Trinajstić information content (AvgIpc) is 2.92. The lowest BCUT2D eigenvalue weighted by atomic mass is 10.2. The van der Waals surface area contributed by atoms with Crippen LogP contribution < -0.4 is 10.2 Å². The number of aliphatic hydroxyl groups is 1. The topological polar surface area (TPSA) is 70.4 Å². The molecule has 22 heavy (non-hydrogen) atoms. The first-order chi connectivity index (χ1) is 10.6. The van der Waals surface area contributed by atoms with Gasteiger partial charge in [0.1, 0.15) is 0 Å². The number of fused-ring (bicyclic) bond motifs is 1. The van der Waals surface area contributed by atoms with Crippen molar-refractivity contribution in [1.29, 1.82) is 0 Å². The molecule has 0 fully saturated rings. The van der Waals surface area contributed by atoms with Crippen LogP contribution in [0.2, 0.25) is 0 Å². The number of benzene rings is 1. The quantitative estimate of drug-likeness (QED) is 0.899.